The summed E-state index contributed by atoms with van der Waals surface area (Å²) in [6.07, 6.45) is 2.39. The van der Waals surface area contributed by atoms with Gasteiger partial charge in [0.15, 0.2) is 0 Å². The fourth-order valence-corrected chi connectivity index (χ4v) is 3.35. The van der Waals surface area contributed by atoms with Crippen LogP contribution in [0.3, 0.4) is 0 Å². The molecule has 1 N–H and O–H groups in total. The van der Waals surface area contributed by atoms with Gasteiger partial charge in [0.05, 0.1) is 0 Å². The quantitative estimate of drug-likeness (QED) is 0.798. The Hall–Kier alpha value is -2.82. The molecule has 0 aliphatic carbocycles. The van der Waals surface area contributed by atoms with Crippen molar-refractivity contribution in [2.24, 2.45) is 5.92 Å². The molecule has 1 aliphatic rings. The molecule has 5 heteroatoms. The molecule has 0 saturated carbocycles. The zero-order valence-corrected chi connectivity index (χ0v) is 16.4. The third kappa shape index (κ3) is 5.35. The van der Waals surface area contributed by atoms with Crippen LogP contribution in [-0.4, -0.2) is 36.3 Å². The number of para-hydroxylation sites is 1. The number of carbonyl (C=O) groups excluding carboxylic acids is 2. The topological polar surface area (TPSA) is 58.6 Å². The maximum absolute atomic E-state index is 12.7. The Bertz CT molecular complexity index is 766. The van der Waals surface area contributed by atoms with Gasteiger partial charge in [-0.15, -0.1) is 0 Å². The van der Waals surface area contributed by atoms with E-state index >= 15 is 0 Å². The molecule has 3 rings (SSSR count). The minimum absolute atomic E-state index is 0.0214. The van der Waals surface area contributed by atoms with E-state index in [1.54, 1.807) is 0 Å². The van der Waals surface area contributed by atoms with Crippen molar-refractivity contribution in [1.29, 1.82) is 0 Å². The van der Waals surface area contributed by atoms with Crippen LogP contribution in [0.4, 0.5) is 0 Å². The Kier molecular flexibility index (Phi) is 7.06. The number of nitrogens with zero attached hydrogens (tertiary/aromatic N) is 1. The number of nitrogens with one attached hydrogen (secondary N) is 1. The van der Waals surface area contributed by atoms with Crippen molar-refractivity contribution in [1.82, 2.24) is 10.2 Å². The molecule has 2 amide bonds. The Balaban J connectivity index is 1.49. The highest BCUT2D eigenvalue weighted by Crippen LogP contribution is 2.20. The van der Waals surface area contributed by atoms with Gasteiger partial charge in [-0.2, -0.15) is 0 Å². The van der Waals surface area contributed by atoms with Crippen molar-refractivity contribution in [2.75, 3.05) is 19.6 Å². The molecule has 1 saturated heterocycles. The SMILES string of the molecule is CCCNC(=O)C1CCN(C(=O)c2ccc(COc3ccccc3)cc2)CC1. The van der Waals surface area contributed by atoms with Crippen LogP contribution in [0.5, 0.6) is 5.75 Å². The fourth-order valence-electron chi connectivity index (χ4n) is 3.35. The summed E-state index contributed by atoms with van der Waals surface area (Å²) in [4.78, 5) is 26.7. The molecule has 5 nitrogen and oxygen atoms in total. The summed E-state index contributed by atoms with van der Waals surface area (Å²) in [6, 6.07) is 17.2. The van der Waals surface area contributed by atoms with Crippen molar-refractivity contribution in [3.63, 3.8) is 0 Å². The lowest BCUT2D eigenvalue weighted by Crippen LogP contribution is -2.43. The van der Waals surface area contributed by atoms with Crippen LogP contribution in [0, 0.1) is 5.92 Å². The van der Waals surface area contributed by atoms with E-state index in [1.807, 2.05) is 66.4 Å². The molecule has 1 heterocycles. The largest absolute Gasteiger partial charge is 0.489 e. The van der Waals surface area contributed by atoms with E-state index in [4.69, 9.17) is 4.74 Å². The number of amides is 2. The van der Waals surface area contributed by atoms with Crippen LogP contribution in [0.1, 0.15) is 42.1 Å². The van der Waals surface area contributed by atoms with Gasteiger partial charge in [-0.25, -0.2) is 0 Å². The highest BCUT2D eigenvalue weighted by atomic mass is 16.5. The summed E-state index contributed by atoms with van der Waals surface area (Å²) in [5.74, 6) is 1.00. The van der Waals surface area contributed by atoms with Gasteiger partial charge in [0.25, 0.3) is 5.91 Å². The van der Waals surface area contributed by atoms with Gasteiger partial charge in [0.1, 0.15) is 12.4 Å². The summed E-state index contributed by atoms with van der Waals surface area (Å²) in [7, 11) is 0. The van der Waals surface area contributed by atoms with Gasteiger partial charge < -0.3 is 15.0 Å². The maximum Gasteiger partial charge on any atom is 0.253 e. The molecule has 0 spiro atoms. The smallest absolute Gasteiger partial charge is 0.253 e. The Morgan fingerprint density at radius 3 is 2.36 bits per heavy atom. The van der Waals surface area contributed by atoms with Crippen LogP contribution < -0.4 is 10.1 Å². The predicted octanol–water partition coefficient (Wildman–Crippen LogP) is 3.64. The summed E-state index contributed by atoms with van der Waals surface area (Å²) < 4.78 is 5.74. The minimum Gasteiger partial charge on any atom is -0.489 e. The predicted molar refractivity (Wildman–Crippen MR) is 109 cm³/mol. The van der Waals surface area contributed by atoms with E-state index in [0.29, 0.717) is 25.3 Å². The van der Waals surface area contributed by atoms with Gasteiger partial charge in [-0.3, -0.25) is 9.59 Å². The standard InChI is InChI=1S/C23H28N2O3/c1-2-14-24-22(26)19-12-15-25(16-13-19)23(27)20-10-8-18(9-11-20)17-28-21-6-4-3-5-7-21/h3-11,19H,2,12-17H2,1H3,(H,24,26). The monoisotopic (exact) mass is 380 g/mol. The lowest BCUT2D eigenvalue weighted by atomic mass is 9.95. The molecular formula is C23H28N2O3. The van der Waals surface area contributed by atoms with Crippen molar-refractivity contribution >= 4 is 11.8 Å². The summed E-state index contributed by atoms with van der Waals surface area (Å²) in [5.41, 5.74) is 1.70. The highest BCUT2D eigenvalue weighted by molar-refractivity contribution is 5.94. The zero-order chi connectivity index (χ0) is 19.8. The van der Waals surface area contributed by atoms with Crippen LogP contribution in [-0.2, 0) is 11.4 Å². The van der Waals surface area contributed by atoms with Gasteiger partial charge in [0.2, 0.25) is 5.91 Å². The molecule has 0 radical (unpaired) electrons. The van der Waals surface area contributed by atoms with E-state index in [1.165, 1.54) is 0 Å². The first-order chi connectivity index (χ1) is 13.7. The molecule has 2 aromatic carbocycles. The van der Waals surface area contributed by atoms with Crippen molar-refractivity contribution < 1.29 is 14.3 Å². The van der Waals surface area contributed by atoms with Crippen molar-refractivity contribution in [2.45, 2.75) is 32.8 Å². The molecule has 148 valence electrons. The molecule has 0 atom stereocenters. The highest BCUT2D eigenvalue weighted by Gasteiger charge is 2.27. The second-order valence-electron chi connectivity index (χ2n) is 7.16. The van der Waals surface area contributed by atoms with Crippen molar-refractivity contribution in [3.05, 3.63) is 65.7 Å². The molecule has 1 fully saturated rings. The normalized spacial score (nSPS) is 14.5. The van der Waals surface area contributed by atoms with Gasteiger partial charge in [-0.1, -0.05) is 37.3 Å². The molecular weight excluding hydrogens is 352 g/mol. The van der Waals surface area contributed by atoms with Crippen LogP contribution in [0.2, 0.25) is 0 Å². The molecule has 0 aromatic heterocycles. The first-order valence-corrected chi connectivity index (χ1v) is 10.0. The second kappa shape index (κ2) is 9.93. The molecule has 1 aliphatic heterocycles. The van der Waals surface area contributed by atoms with E-state index in [-0.39, 0.29) is 17.7 Å². The molecule has 0 unspecified atom stereocenters. The Morgan fingerprint density at radius 1 is 1.04 bits per heavy atom. The molecule has 2 aromatic rings. The Morgan fingerprint density at radius 2 is 1.71 bits per heavy atom. The van der Waals surface area contributed by atoms with Crippen LogP contribution in [0.15, 0.2) is 54.6 Å². The first kappa shape index (κ1) is 19.9. The first-order valence-electron chi connectivity index (χ1n) is 10.0. The minimum atomic E-state index is 0.0214. The van der Waals surface area contributed by atoms with E-state index < -0.39 is 0 Å². The molecule has 28 heavy (non-hydrogen) atoms. The van der Waals surface area contributed by atoms with E-state index in [9.17, 15) is 9.59 Å². The zero-order valence-electron chi connectivity index (χ0n) is 16.4. The number of ether oxygens (including phenoxy) is 1. The van der Waals surface area contributed by atoms with E-state index in [2.05, 4.69) is 5.32 Å². The molecule has 0 bridgehead atoms. The second-order valence-corrected chi connectivity index (χ2v) is 7.16. The average molecular weight is 380 g/mol. The summed E-state index contributed by atoms with van der Waals surface area (Å²) in [6.45, 7) is 4.49. The number of hydrogen-bond acceptors (Lipinski definition) is 3. The van der Waals surface area contributed by atoms with Crippen molar-refractivity contribution in [3.8, 4) is 5.75 Å². The van der Waals surface area contributed by atoms with Crippen LogP contribution >= 0.6 is 0 Å². The Labute approximate surface area is 166 Å². The fraction of sp³-hybridized carbons (Fsp3) is 0.391. The summed E-state index contributed by atoms with van der Waals surface area (Å²) >= 11 is 0. The van der Waals surface area contributed by atoms with Gasteiger partial charge in [0, 0.05) is 31.1 Å². The lowest BCUT2D eigenvalue weighted by Gasteiger charge is -2.31. The number of rotatable bonds is 7. The lowest BCUT2D eigenvalue weighted by molar-refractivity contribution is -0.126. The van der Waals surface area contributed by atoms with Gasteiger partial charge >= 0.3 is 0 Å². The third-order valence-corrected chi connectivity index (χ3v) is 5.05. The number of likely N-dealkylation sites (tertiary alicyclic amines) is 1. The average Bonchev–Trinajstić information content (AvgIpc) is 2.76. The number of hydrogen-bond donors (Lipinski definition) is 1. The third-order valence-electron chi connectivity index (χ3n) is 5.05. The summed E-state index contributed by atoms with van der Waals surface area (Å²) in [5, 5.41) is 2.95. The van der Waals surface area contributed by atoms with Crippen LogP contribution in [0.25, 0.3) is 0 Å². The van der Waals surface area contributed by atoms with E-state index in [0.717, 1.165) is 37.1 Å². The van der Waals surface area contributed by atoms with Gasteiger partial charge in [-0.05, 0) is 49.1 Å². The number of benzene rings is 2. The number of carbonyl (C=O) groups is 2. The maximum atomic E-state index is 12.7. The number of piperidine rings is 1.